The molecular weight excluding hydrogens is 159 g/mol. The number of hydrogen-bond acceptors (Lipinski definition) is 2. The highest BCUT2D eigenvalue weighted by molar-refractivity contribution is 5.47. The average Bonchev–Trinajstić information content (AvgIpc) is 2.09. The number of rotatable bonds is 2. The molecule has 0 aliphatic rings. The van der Waals surface area contributed by atoms with E-state index in [0.717, 1.165) is 0 Å². The van der Waals surface area contributed by atoms with Crippen LogP contribution in [0.2, 0.25) is 0 Å². The SMILES string of the molecule is [C-]#[N+]c1cc(CON)ccc1F. The van der Waals surface area contributed by atoms with Gasteiger partial charge in [-0.15, -0.1) is 0 Å². The molecule has 0 bridgehead atoms. The molecular formula is C8H7FN2O. The summed E-state index contributed by atoms with van der Waals surface area (Å²) in [4.78, 5) is 7.33. The lowest BCUT2D eigenvalue weighted by molar-refractivity contribution is 0.124. The molecule has 0 atom stereocenters. The second-order valence-corrected chi connectivity index (χ2v) is 2.21. The Morgan fingerprint density at radius 2 is 2.33 bits per heavy atom. The summed E-state index contributed by atoms with van der Waals surface area (Å²) in [6, 6.07) is 4.16. The van der Waals surface area contributed by atoms with Gasteiger partial charge in [0.2, 0.25) is 5.69 Å². The van der Waals surface area contributed by atoms with Crippen LogP contribution in [0.5, 0.6) is 0 Å². The average molecular weight is 166 g/mol. The summed E-state index contributed by atoms with van der Waals surface area (Å²) in [5.74, 6) is 4.30. The topological polar surface area (TPSA) is 39.6 Å². The third-order valence-corrected chi connectivity index (χ3v) is 1.38. The standard InChI is InChI=1S/C8H7FN2O/c1-11-8-4-6(5-12-10)2-3-7(8)9/h2-4H,5,10H2. The van der Waals surface area contributed by atoms with Crippen LogP contribution in [0.4, 0.5) is 10.1 Å². The first-order valence-corrected chi connectivity index (χ1v) is 3.25. The summed E-state index contributed by atoms with van der Waals surface area (Å²) in [5, 5.41) is 0. The molecule has 0 saturated heterocycles. The van der Waals surface area contributed by atoms with Crippen molar-refractivity contribution >= 4 is 5.69 Å². The van der Waals surface area contributed by atoms with Crippen molar-refractivity contribution in [2.45, 2.75) is 6.61 Å². The van der Waals surface area contributed by atoms with Gasteiger partial charge in [0, 0.05) is 0 Å². The molecule has 62 valence electrons. The lowest BCUT2D eigenvalue weighted by Gasteiger charge is -1.99. The van der Waals surface area contributed by atoms with Crippen molar-refractivity contribution in [3.05, 3.63) is 41.0 Å². The fraction of sp³-hybridized carbons (Fsp3) is 0.125. The summed E-state index contributed by atoms with van der Waals surface area (Å²) >= 11 is 0. The smallest absolute Gasteiger partial charge is 0.222 e. The van der Waals surface area contributed by atoms with Gasteiger partial charge in [-0.2, -0.15) is 0 Å². The summed E-state index contributed by atoms with van der Waals surface area (Å²) in [6.45, 7) is 6.81. The minimum atomic E-state index is -0.522. The van der Waals surface area contributed by atoms with Crippen LogP contribution in [0.1, 0.15) is 5.56 Å². The van der Waals surface area contributed by atoms with Gasteiger partial charge in [-0.05, 0) is 17.7 Å². The van der Waals surface area contributed by atoms with E-state index in [0.29, 0.717) is 5.56 Å². The van der Waals surface area contributed by atoms with E-state index in [1.807, 2.05) is 0 Å². The molecule has 0 unspecified atom stereocenters. The molecule has 0 saturated carbocycles. The molecule has 0 amide bonds. The van der Waals surface area contributed by atoms with Crippen molar-refractivity contribution in [3.63, 3.8) is 0 Å². The Morgan fingerprint density at radius 3 is 2.92 bits per heavy atom. The van der Waals surface area contributed by atoms with E-state index < -0.39 is 5.82 Å². The molecule has 0 spiro atoms. The van der Waals surface area contributed by atoms with Crippen LogP contribution < -0.4 is 5.90 Å². The molecule has 0 heterocycles. The van der Waals surface area contributed by atoms with Gasteiger partial charge in [-0.1, -0.05) is 6.07 Å². The minimum absolute atomic E-state index is 0.00968. The zero-order valence-electron chi connectivity index (χ0n) is 6.25. The Hall–Kier alpha value is -1.44. The Labute approximate surface area is 69.3 Å². The van der Waals surface area contributed by atoms with Crippen LogP contribution in [0, 0.1) is 12.4 Å². The second kappa shape index (κ2) is 3.81. The van der Waals surface area contributed by atoms with Gasteiger partial charge in [-0.3, -0.25) is 4.84 Å². The third-order valence-electron chi connectivity index (χ3n) is 1.38. The first-order valence-electron chi connectivity index (χ1n) is 3.25. The van der Waals surface area contributed by atoms with Crippen molar-refractivity contribution in [1.82, 2.24) is 0 Å². The van der Waals surface area contributed by atoms with E-state index in [1.165, 1.54) is 18.2 Å². The normalized spacial score (nSPS) is 9.42. The van der Waals surface area contributed by atoms with Gasteiger partial charge in [-0.25, -0.2) is 15.1 Å². The molecule has 12 heavy (non-hydrogen) atoms. The van der Waals surface area contributed by atoms with Crippen molar-refractivity contribution in [2.75, 3.05) is 0 Å². The van der Waals surface area contributed by atoms with E-state index in [1.54, 1.807) is 0 Å². The number of hydrogen-bond donors (Lipinski definition) is 1. The molecule has 1 aromatic carbocycles. The van der Waals surface area contributed by atoms with E-state index >= 15 is 0 Å². The predicted octanol–water partition coefficient (Wildman–Crippen LogP) is 1.77. The minimum Gasteiger partial charge on any atom is -0.300 e. The van der Waals surface area contributed by atoms with E-state index in [-0.39, 0.29) is 12.3 Å². The molecule has 0 aliphatic heterocycles. The van der Waals surface area contributed by atoms with Crippen molar-refractivity contribution in [3.8, 4) is 0 Å². The summed E-state index contributed by atoms with van der Waals surface area (Å²) in [7, 11) is 0. The van der Waals surface area contributed by atoms with Gasteiger partial charge in [0.1, 0.15) is 5.82 Å². The van der Waals surface area contributed by atoms with Crippen LogP contribution in [0.3, 0.4) is 0 Å². The van der Waals surface area contributed by atoms with Gasteiger partial charge in [0.15, 0.2) is 0 Å². The lowest BCUT2D eigenvalue weighted by Crippen LogP contribution is -1.98. The molecule has 1 aromatic rings. The maximum absolute atomic E-state index is 12.7. The van der Waals surface area contributed by atoms with E-state index in [9.17, 15) is 4.39 Å². The van der Waals surface area contributed by atoms with E-state index in [2.05, 4.69) is 9.68 Å². The van der Waals surface area contributed by atoms with Crippen LogP contribution >= 0.6 is 0 Å². The highest BCUT2D eigenvalue weighted by atomic mass is 19.1. The van der Waals surface area contributed by atoms with E-state index in [4.69, 9.17) is 12.5 Å². The number of halogens is 1. The molecule has 3 nitrogen and oxygen atoms in total. The fourth-order valence-electron chi connectivity index (χ4n) is 0.830. The first kappa shape index (κ1) is 8.65. The molecule has 0 aliphatic carbocycles. The zero-order chi connectivity index (χ0) is 8.97. The zero-order valence-corrected chi connectivity index (χ0v) is 6.25. The molecule has 0 radical (unpaired) electrons. The molecule has 1 rings (SSSR count). The highest BCUT2D eigenvalue weighted by Gasteiger charge is 2.01. The van der Waals surface area contributed by atoms with Crippen molar-refractivity contribution in [2.24, 2.45) is 5.90 Å². The highest BCUT2D eigenvalue weighted by Crippen LogP contribution is 2.19. The monoisotopic (exact) mass is 166 g/mol. The number of benzene rings is 1. The van der Waals surface area contributed by atoms with Crippen LogP contribution in [0.25, 0.3) is 4.85 Å². The summed E-state index contributed by atoms with van der Waals surface area (Å²) in [6.07, 6.45) is 0. The van der Waals surface area contributed by atoms with Gasteiger partial charge >= 0.3 is 0 Å². The maximum Gasteiger partial charge on any atom is 0.222 e. The molecule has 2 N–H and O–H groups in total. The van der Waals surface area contributed by atoms with Crippen LogP contribution in [-0.4, -0.2) is 0 Å². The quantitative estimate of drug-likeness (QED) is 0.537. The first-order chi connectivity index (χ1) is 5.77. The molecule has 0 aromatic heterocycles. The Balaban J connectivity index is 2.99. The maximum atomic E-state index is 12.7. The van der Waals surface area contributed by atoms with Crippen molar-refractivity contribution < 1.29 is 9.23 Å². The molecule has 0 fully saturated rings. The van der Waals surface area contributed by atoms with Gasteiger partial charge in [0.05, 0.1) is 13.2 Å². The van der Waals surface area contributed by atoms with Crippen LogP contribution in [0.15, 0.2) is 18.2 Å². The van der Waals surface area contributed by atoms with Gasteiger partial charge < -0.3 is 0 Å². The number of nitrogens with zero attached hydrogens (tertiary/aromatic N) is 1. The second-order valence-electron chi connectivity index (χ2n) is 2.21. The lowest BCUT2D eigenvalue weighted by atomic mass is 10.2. The Kier molecular flexibility index (Phi) is 2.75. The fourth-order valence-corrected chi connectivity index (χ4v) is 0.830. The Bertz CT molecular complexity index is 319. The third kappa shape index (κ3) is 1.78. The molecule has 4 heteroatoms. The van der Waals surface area contributed by atoms with Crippen molar-refractivity contribution in [1.29, 1.82) is 0 Å². The Morgan fingerprint density at radius 1 is 1.58 bits per heavy atom. The van der Waals surface area contributed by atoms with Gasteiger partial charge in [0.25, 0.3) is 0 Å². The predicted molar refractivity (Wildman–Crippen MR) is 41.6 cm³/mol. The largest absolute Gasteiger partial charge is 0.300 e. The van der Waals surface area contributed by atoms with Crippen LogP contribution in [-0.2, 0) is 11.4 Å². The summed E-state index contributed by atoms with van der Waals surface area (Å²) < 4.78 is 12.7. The number of nitrogens with two attached hydrogens (primary N) is 1. The summed E-state index contributed by atoms with van der Waals surface area (Å²) in [5.41, 5.74) is 0.675.